The first-order valence-electron chi connectivity index (χ1n) is 11.3. The van der Waals surface area contributed by atoms with E-state index in [4.69, 9.17) is 0 Å². The molecule has 1 aromatic heterocycles. The Bertz CT molecular complexity index is 1260. The molecule has 0 unspecified atom stereocenters. The number of para-hydroxylation sites is 1. The Morgan fingerprint density at radius 3 is 2.45 bits per heavy atom. The van der Waals surface area contributed by atoms with Crippen molar-refractivity contribution in [3.8, 4) is 0 Å². The van der Waals surface area contributed by atoms with E-state index in [1.54, 1.807) is 16.4 Å². The first-order valence-corrected chi connectivity index (χ1v) is 13.7. The van der Waals surface area contributed by atoms with Gasteiger partial charge in [0.2, 0.25) is 15.9 Å². The van der Waals surface area contributed by atoms with Crippen LogP contribution in [0.3, 0.4) is 0 Å². The van der Waals surface area contributed by atoms with E-state index in [0.29, 0.717) is 30.3 Å². The number of imidazole rings is 1. The number of nitrogens with one attached hydrogen (secondary N) is 1. The van der Waals surface area contributed by atoms with Gasteiger partial charge in [-0.1, -0.05) is 36.4 Å². The fourth-order valence-corrected chi connectivity index (χ4v) is 6.65. The van der Waals surface area contributed by atoms with E-state index in [9.17, 15) is 13.2 Å². The Labute approximate surface area is 199 Å². The van der Waals surface area contributed by atoms with Crippen molar-refractivity contribution in [2.45, 2.75) is 56.6 Å². The van der Waals surface area contributed by atoms with E-state index < -0.39 is 10.0 Å². The number of rotatable bonds is 7. The summed E-state index contributed by atoms with van der Waals surface area (Å²) < 4.78 is 29.7. The summed E-state index contributed by atoms with van der Waals surface area (Å²) in [5.41, 5.74) is 4.40. The molecule has 3 aromatic rings. The number of amides is 1. The van der Waals surface area contributed by atoms with Crippen LogP contribution in [0.1, 0.15) is 37.3 Å². The minimum Gasteiger partial charge on any atom is -0.325 e. The zero-order valence-corrected chi connectivity index (χ0v) is 20.9. The van der Waals surface area contributed by atoms with Crippen LogP contribution in [0.5, 0.6) is 0 Å². The Balaban J connectivity index is 1.54. The molecule has 1 amide bonds. The lowest BCUT2D eigenvalue weighted by atomic mass is 10.1. The quantitative estimate of drug-likeness (QED) is 0.494. The maximum atomic E-state index is 13.1. The van der Waals surface area contributed by atoms with Crippen molar-refractivity contribution in [1.29, 1.82) is 0 Å². The molecule has 1 fully saturated rings. The third kappa shape index (κ3) is 4.95. The van der Waals surface area contributed by atoms with E-state index in [-0.39, 0.29) is 16.6 Å². The zero-order chi connectivity index (χ0) is 23.6. The molecule has 7 nitrogen and oxygen atoms in total. The molecular formula is C24H30N4O3S2. The fraction of sp³-hybridized carbons (Fsp3) is 0.417. The van der Waals surface area contributed by atoms with Gasteiger partial charge in [0.25, 0.3) is 0 Å². The van der Waals surface area contributed by atoms with Crippen LogP contribution in [0, 0.1) is 13.8 Å². The van der Waals surface area contributed by atoms with Crippen LogP contribution in [-0.4, -0.2) is 47.0 Å². The highest BCUT2D eigenvalue weighted by Gasteiger charge is 2.26. The summed E-state index contributed by atoms with van der Waals surface area (Å²) >= 11 is 1.36. The summed E-state index contributed by atoms with van der Waals surface area (Å²) in [5.74, 6) is 0.122. The molecule has 9 heteroatoms. The van der Waals surface area contributed by atoms with Crippen molar-refractivity contribution >= 4 is 44.4 Å². The average molecular weight is 487 g/mol. The van der Waals surface area contributed by atoms with E-state index in [1.165, 1.54) is 11.8 Å². The molecule has 0 aliphatic carbocycles. The topological polar surface area (TPSA) is 84.3 Å². The Morgan fingerprint density at radius 1 is 1.09 bits per heavy atom. The number of carbonyl (C=O) groups excluding carboxylic acids is 1. The lowest BCUT2D eigenvalue weighted by Gasteiger charge is -2.25. The Kier molecular flexibility index (Phi) is 7.11. The number of nitrogens with zero attached hydrogens (tertiary/aromatic N) is 3. The molecule has 4 rings (SSSR count). The second-order valence-corrected chi connectivity index (χ2v) is 11.2. The molecule has 0 radical (unpaired) electrons. The second kappa shape index (κ2) is 9.87. The van der Waals surface area contributed by atoms with Gasteiger partial charge in [-0.2, -0.15) is 4.31 Å². The number of piperidine rings is 1. The van der Waals surface area contributed by atoms with E-state index in [0.717, 1.165) is 41.6 Å². The van der Waals surface area contributed by atoms with Gasteiger partial charge in [0.05, 0.1) is 21.7 Å². The maximum absolute atomic E-state index is 13.1. The van der Waals surface area contributed by atoms with Crippen molar-refractivity contribution in [3.63, 3.8) is 0 Å². The second-order valence-electron chi connectivity index (χ2n) is 8.36. The Morgan fingerprint density at radius 2 is 1.79 bits per heavy atom. The summed E-state index contributed by atoms with van der Waals surface area (Å²) in [6, 6.07) is 11.1. The zero-order valence-electron chi connectivity index (χ0n) is 19.3. The molecule has 1 aliphatic rings. The van der Waals surface area contributed by atoms with Crippen LogP contribution in [0.4, 0.5) is 5.69 Å². The maximum Gasteiger partial charge on any atom is 0.243 e. The van der Waals surface area contributed by atoms with Gasteiger partial charge in [0.1, 0.15) is 0 Å². The van der Waals surface area contributed by atoms with Crippen LogP contribution in [0.2, 0.25) is 0 Å². The highest BCUT2D eigenvalue weighted by molar-refractivity contribution is 7.99. The van der Waals surface area contributed by atoms with Gasteiger partial charge in [-0.25, -0.2) is 13.4 Å². The first kappa shape index (κ1) is 23.8. The number of sulfonamides is 1. The van der Waals surface area contributed by atoms with Gasteiger partial charge in [-0.15, -0.1) is 0 Å². The predicted octanol–water partition coefficient (Wildman–Crippen LogP) is 4.58. The number of benzene rings is 2. The van der Waals surface area contributed by atoms with Crippen LogP contribution < -0.4 is 5.32 Å². The lowest BCUT2D eigenvalue weighted by molar-refractivity contribution is -0.113. The van der Waals surface area contributed by atoms with E-state index in [2.05, 4.69) is 10.3 Å². The largest absolute Gasteiger partial charge is 0.325 e. The number of hydrogen-bond acceptors (Lipinski definition) is 5. The number of thioether (sulfide) groups is 1. The van der Waals surface area contributed by atoms with Crippen molar-refractivity contribution in [3.05, 3.63) is 47.5 Å². The van der Waals surface area contributed by atoms with Crippen molar-refractivity contribution in [2.75, 3.05) is 24.2 Å². The molecule has 33 heavy (non-hydrogen) atoms. The number of aromatic nitrogens is 2. The third-order valence-corrected chi connectivity index (χ3v) is 8.90. The van der Waals surface area contributed by atoms with Crippen LogP contribution in [0.25, 0.3) is 11.0 Å². The molecule has 1 aliphatic heterocycles. The van der Waals surface area contributed by atoms with Gasteiger partial charge in [-0.3, -0.25) is 4.79 Å². The molecule has 2 aromatic carbocycles. The minimum absolute atomic E-state index is 0.0968. The number of carbonyl (C=O) groups is 1. The van der Waals surface area contributed by atoms with E-state index >= 15 is 0 Å². The standard InChI is InChI=1S/C24H30N4O3S2/c1-4-28-21-12-11-19(33(30,31)27-13-6-5-7-14-27)15-20(21)25-24(28)32-16-22(29)26-23-17(2)9-8-10-18(23)3/h8-12,15H,4-7,13-14,16H2,1-3H3,(H,26,29). The first-order chi connectivity index (χ1) is 15.8. The van der Waals surface area contributed by atoms with Crippen molar-refractivity contribution < 1.29 is 13.2 Å². The minimum atomic E-state index is -3.52. The number of anilines is 1. The summed E-state index contributed by atoms with van der Waals surface area (Å²) in [6.45, 7) is 7.78. The molecule has 1 saturated heterocycles. The molecule has 176 valence electrons. The predicted molar refractivity (Wildman–Crippen MR) is 133 cm³/mol. The van der Waals surface area contributed by atoms with Gasteiger partial charge in [-0.05, 0) is 62.9 Å². The molecular weight excluding hydrogens is 456 g/mol. The van der Waals surface area contributed by atoms with Gasteiger partial charge >= 0.3 is 0 Å². The summed E-state index contributed by atoms with van der Waals surface area (Å²) in [5, 5.41) is 3.71. The molecule has 0 bridgehead atoms. The third-order valence-electron chi connectivity index (χ3n) is 6.03. The Hall–Kier alpha value is -2.36. The molecule has 0 saturated carbocycles. The fourth-order valence-electron chi connectivity index (χ4n) is 4.24. The highest BCUT2D eigenvalue weighted by atomic mass is 32.2. The summed E-state index contributed by atoms with van der Waals surface area (Å²) in [6.07, 6.45) is 2.87. The molecule has 0 spiro atoms. The summed E-state index contributed by atoms with van der Waals surface area (Å²) in [7, 11) is -3.52. The SMILES string of the molecule is CCn1c(SCC(=O)Nc2c(C)cccc2C)nc2cc(S(=O)(=O)N3CCCCC3)ccc21. The molecule has 2 heterocycles. The van der Waals surface area contributed by atoms with Gasteiger partial charge < -0.3 is 9.88 Å². The van der Waals surface area contributed by atoms with Crippen LogP contribution in [0.15, 0.2) is 46.5 Å². The molecule has 1 N–H and O–H groups in total. The monoisotopic (exact) mass is 486 g/mol. The summed E-state index contributed by atoms with van der Waals surface area (Å²) in [4.78, 5) is 17.6. The number of fused-ring (bicyclic) bond motifs is 1. The lowest BCUT2D eigenvalue weighted by Crippen LogP contribution is -2.35. The highest BCUT2D eigenvalue weighted by Crippen LogP contribution is 2.28. The smallest absolute Gasteiger partial charge is 0.243 e. The van der Waals surface area contributed by atoms with Gasteiger partial charge in [0, 0.05) is 25.3 Å². The van der Waals surface area contributed by atoms with Crippen LogP contribution in [-0.2, 0) is 21.4 Å². The normalized spacial score (nSPS) is 15.1. The van der Waals surface area contributed by atoms with Crippen molar-refractivity contribution in [2.24, 2.45) is 0 Å². The van der Waals surface area contributed by atoms with Gasteiger partial charge in [0.15, 0.2) is 5.16 Å². The average Bonchev–Trinajstić information content (AvgIpc) is 3.17. The number of aryl methyl sites for hydroxylation is 3. The van der Waals surface area contributed by atoms with Crippen LogP contribution >= 0.6 is 11.8 Å². The van der Waals surface area contributed by atoms with Crippen molar-refractivity contribution in [1.82, 2.24) is 13.9 Å². The van der Waals surface area contributed by atoms with E-state index in [1.807, 2.05) is 49.6 Å². The number of hydrogen-bond donors (Lipinski definition) is 1. The molecule has 0 atom stereocenters.